The highest BCUT2D eigenvalue weighted by atomic mass is 127. The molecule has 2 saturated heterocycles. The highest BCUT2D eigenvalue weighted by molar-refractivity contribution is 14.1. The molecule has 15 heteroatoms. The minimum atomic E-state index is -1.12. The number of nitrogens with zero attached hydrogens (tertiary/aromatic N) is 7. The minimum Gasteiger partial charge on any atom is -0.491 e. The number of halogens is 3. The fourth-order valence-electron chi connectivity index (χ4n) is 6.34. The second kappa shape index (κ2) is 15.5. The molecule has 12 nitrogen and oxygen atoms in total. The van der Waals surface area contributed by atoms with Crippen molar-refractivity contribution in [3.8, 4) is 11.4 Å². The lowest BCUT2D eigenvalue weighted by Gasteiger charge is -2.37. The van der Waals surface area contributed by atoms with Crippen LogP contribution in [0.25, 0.3) is 5.69 Å². The van der Waals surface area contributed by atoms with E-state index in [1.807, 2.05) is 71.1 Å². The minimum absolute atomic E-state index is 0.284. The molecule has 2 fully saturated rings. The van der Waals surface area contributed by atoms with E-state index in [2.05, 4.69) is 37.2 Å². The van der Waals surface area contributed by atoms with Crippen molar-refractivity contribution in [3.63, 3.8) is 0 Å². The monoisotopic (exact) mass is 843 g/mol. The summed E-state index contributed by atoms with van der Waals surface area (Å²) in [6.07, 6.45) is 4.88. The Morgan fingerprint density at radius 1 is 0.961 bits per heavy atom. The molecule has 0 amide bonds. The van der Waals surface area contributed by atoms with Crippen LogP contribution in [0, 0.1) is 0 Å². The van der Waals surface area contributed by atoms with Crippen molar-refractivity contribution >= 4 is 57.2 Å². The van der Waals surface area contributed by atoms with Crippen LogP contribution in [0.2, 0.25) is 10.0 Å². The van der Waals surface area contributed by atoms with E-state index >= 15 is 0 Å². The summed E-state index contributed by atoms with van der Waals surface area (Å²) in [5, 5.41) is 22.9. The Balaban J connectivity index is 0.928. The number of benzene rings is 3. The maximum absolute atomic E-state index is 12.8. The number of hydrogen-bond acceptors (Lipinski definition) is 10. The van der Waals surface area contributed by atoms with Crippen LogP contribution in [0.5, 0.6) is 5.75 Å². The Kier molecular flexibility index (Phi) is 10.8. The normalized spacial score (nSPS) is 20.4. The van der Waals surface area contributed by atoms with Gasteiger partial charge in [-0.15, -0.1) is 0 Å². The summed E-state index contributed by atoms with van der Waals surface area (Å²) >= 11 is 14.7. The molecule has 0 aliphatic carbocycles. The first-order valence-corrected chi connectivity index (χ1v) is 18.5. The number of hydrogen-bond donors (Lipinski definition) is 1. The van der Waals surface area contributed by atoms with E-state index in [1.165, 1.54) is 15.6 Å². The summed E-state index contributed by atoms with van der Waals surface area (Å²) in [6.45, 7) is 5.83. The van der Waals surface area contributed by atoms with Gasteiger partial charge in [0.05, 0.1) is 29.6 Å². The number of aromatic nitrogens is 5. The van der Waals surface area contributed by atoms with Gasteiger partial charge in [-0.3, -0.25) is 0 Å². The molecule has 2 aromatic heterocycles. The van der Waals surface area contributed by atoms with Crippen molar-refractivity contribution in [1.29, 1.82) is 0 Å². The van der Waals surface area contributed by atoms with Crippen LogP contribution in [0.3, 0.4) is 0 Å². The molecule has 0 bridgehead atoms. The van der Waals surface area contributed by atoms with Crippen molar-refractivity contribution in [2.75, 3.05) is 49.2 Å². The molecule has 4 atom stereocenters. The van der Waals surface area contributed by atoms with Gasteiger partial charge in [0.15, 0.2) is 0 Å². The zero-order chi connectivity index (χ0) is 35.5. The molecule has 0 saturated carbocycles. The van der Waals surface area contributed by atoms with E-state index in [1.54, 1.807) is 31.5 Å². The molecule has 51 heavy (non-hydrogen) atoms. The van der Waals surface area contributed by atoms with Gasteiger partial charge in [0.1, 0.15) is 28.9 Å². The third-order valence-corrected chi connectivity index (χ3v) is 10.8. The van der Waals surface area contributed by atoms with E-state index in [0.717, 1.165) is 54.6 Å². The number of piperazine rings is 1. The quantitative estimate of drug-likeness (QED) is 0.132. The standard InChI is InChI=1S/C36H36Cl2IN7O5/c1-24(34(39)47)46-35(48)45(23-42-46)29-5-3-27(4-6-29)43-14-16-44(17-15-43)28-7-9-30(10-8-28)49-21-31-22-50-36(51-31,19-25-12-13-40-41-20-25)32-11-2-26(37)18-33(32)38/h2-13,18,20,23-24,31,34,47H,14-17,19,21-22H2,1H3. The molecule has 266 valence electrons. The van der Waals surface area contributed by atoms with E-state index in [9.17, 15) is 9.90 Å². The lowest BCUT2D eigenvalue weighted by atomic mass is 9.98. The van der Waals surface area contributed by atoms with Crippen LogP contribution in [0.1, 0.15) is 24.1 Å². The molecule has 4 heterocycles. The molecule has 4 unspecified atom stereocenters. The number of ether oxygens (including phenoxy) is 3. The van der Waals surface area contributed by atoms with Crippen molar-refractivity contribution in [3.05, 3.63) is 123 Å². The van der Waals surface area contributed by atoms with Crippen molar-refractivity contribution in [1.82, 2.24) is 24.5 Å². The van der Waals surface area contributed by atoms with Crippen LogP contribution in [-0.2, 0) is 21.7 Å². The van der Waals surface area contributed by atoms with Crippen LogP contribution in [0.15, 0.2) is 96.3 Å². The summed E-state index contributed by atoms with van der Waals surface area (Å²) in [7, 11) is 0. The van der Waals surface area contributed by atoms with Gasteiger partial charge < -0.3 is 29.1 Å². The smallest absolute Gasteiger partial charge is 0.350 e. The highest BCUT2D eigenvalue weighted by Crippen LogP contribution is 2.41. The average molecular weight is 845 g/mol. The number of rotatable bonds is 11. The molecule has 0 spiro atoms. The summed E-state index contributed by atoms with van der Waals surface area (Å²) < 4.78 is 21.1. The van der Waals surface area contributed by atoms with Crippen LogP contribution in [0.4, 0.5) is 11.4 Å². The number of anilines is 2. The first-order valence-electron chi connectivity index (χ1n) is 16.5. The second-order valence-corrected chi connectivity index (χ2v) is 14.6. The first-order chi connectivity index (χ1) is 24.7. The number of alkyl halides is 1. The first kappa shape index (κ1) is 35.7. The Hall–Kier alpha value is -3.73. The summed E-state index contributed by atoms with van der Waals surface area (Å²) in [5.74, 6) is -0.375. The number of aliphatic hydroxyl groups excluding tert-OH is 1. The topological polar surface area (TPSA) is 120 Å². The van der Waals surface area contributed by atoms with Crippen LogP contribution in [-0.4, -0.2) is 79.3 Å². The second-order valence-electron chi connectivity index (χ2n) is 12.5. The Bertz CT molecular complexity index is 1990. The Morgan fingerprint density at radius 3 is 2.25 bits per heavy atom. The lowest BCUT2D eigenvalue weighted by molar-refractivity contribution is -0.178. The van der Waals surface area contributed by atoms with Gasteiger partial charge in [0.2, 0.25) is 5.79 Å². The summed E-state index contributed by atoms with van der Waals surface area (Å²) in [6, 6.07) is 22.8. The van der Waals surface area contributed by atoms with Gasteiger partial charge in [-0.2, -0.15) is 15.3 Å². The summed E-state index contributed by atoms with van der Waals surface area (Å²) in [4.78, 5) is 17.5. The zero-order valence-electron chi connectivity index (χ0n) is 27.7. The molecule has 5 aromatic rings. The maximum Gasteiger partial charge on any atom is 0.350 e. The van der Waals surface area contributed by atoms with E-state index in [4.69, 9.17) is 37.4 Å². The molecule has 2 aliphatic heterocycles. The molecule has 3 aromatic carbocycles. The molecule has 7 rings (SSSR count). The van der Waals surface area contributed by atoms with Gasteiger partial charge in [-0.1, -0.05) is 29.3 Å². The predicted molar refractivity (Wildman–Crippen MR) is 204 cm³/mol. The van der Waals surface area contributed by atoms with Crippen LogP contribution < -0.4 is 20.2 Å². The van der Waals surface area contributed by atoms with E-state index in [0.29, 0.717) is 35.2 Å². The van der Waals surface area contributed by atoms with Gasteiger partial charge in [0.25, 0.3) is 0 Å². The van der Waals surface area contributed by atoms with Gasteiger partial charge >= 0.3 is 5.69 Å². The Morgan fingerprint density at radius 2 is 1.63 bits per heavy atom. The molecule has 2 aliphatic rings. The van der Waals surface area contributed by atoms with Gasteiger partial charge in [-0.25, -0.2) is 14.0 Å². The zero-order valence-corrected chi connectivity index (χ0v) is 31.4. The maximum atomic E-state index is 12.8. The molecular weight excluding hydrogens is 808 g/mol. The highest BCUT2D eigenvalue weighted by Gasteiger charge is 2.45. The van der Waals surface area contributed by atoms with E-state index in [-0.39, 0.29) is 11.8 Å². The van der Waals surface area contributed by atoms with Crippen molar-refractivity contribution < 1.29 is 19.3 Å². The van der Waals surface area contributed by atoms with E-state index < -0.39 is 15.9 Å². The average Bonchev–Trinajstić information content (AvgIpc) is 3.74. The SMILES string of the molecule is CC(C(O)I)n1ncn(-c2ccc(N3CCN(c4ccc(OCC5COC(Cc6ccnnc6)(c6ccc(Cl)cc6Cl)O5)cc4)CC3)cc2)c1=O. The predicted octanol–water partition coefficient (Wildman–Crippen LogP) is 5.66. The third-order valence-electron chi connectivity index (χ3n) is 9.17. The van der Waals surface area contributed by atoms with Crippen molar-refractivity contribution in [2.45, 2.75) is 35.4 Å². The fraction of sp³-hybridized carbons (Fsp3) is 0.333. The Labute approximate surface area is 318 Å². The molecule has 1 N–H and O–H groups in total. The molecule has 0 radical (unpaired) electrons. The summed E-state index contributed by atoms with van der Waals surface area (Å²) in [5.41, 5.74) is 4.26. The van der Waals surface area contributed by atoms with Gasteiger partial charge in [-0.05, 0) is 102 Å². The number of aliphatic hydroxyl groups is 1. The molecular formula is C36H36Cl2IN7O5. The lowest BCUT2D eigenvalue weighted by Crippen LogP contribution is -2.46. The van der Waals surface area contributed by atoms with Crippen LogP contribution >= 0.6 is 45.8 Å². The van der Waals surface area contributed by atoms with Gasteiger partial charge in [0, 0.05) is 60.8 Å². The third kappa shape index (κ3) is 7.88. The fourth-order valence-corrected chi connectivity index (χ4v) is 7.20. The largest absolute Gasteiger partial charge is 0.491 e. The van der Waals surface area contributed by atoms with Crippen molar-refractivity contribution in [2.24, 2.45) is 0 Å².